The summed E-state index contributed by atoms with van der Waals surface area (Å²) in [5.74, 6) is 1.42. The number of anilines is 1. The van der Waals surface area contributed by atoms with Gasteiger partial charge in [-0.3, -0.25) is 5.73 Å². The molecule has 2 aromatic rings. The molecular weight excluding hydrogens is 200 g/mol. The van der Waals surface area contributed by atoms with Crippen LogP contribution in [-0.4, -0.2) is 0 Å². The van der Waals surface area contributed by atoms with E-state index >= 15 is 0 Å². The van der Waals surface area contributed by atoms with Crippen molar-refractivity contribution in [2.75, 3.05) is 5.73 Å². The average molecular weight is 211 g/mol. The fourth-order valence-electron chi connectivity index (χ4n) is 1.19. The topological polar surface area (TPSA) is 43.0 Å². The number of aryl methyl sites for hydroxylation is 1. The van der Waals surface area contributed by atoms with Gasteiger partial charge in [0.15, 0.2) is 5.76 Å². The van der Waals surface area contributed by atoms with Crippen molar-refractivity contribution in [2.45, 2.75) is 0 Å². The Morgan fingerprint density at radius 3 is 2.36 bits per heavy atom. The second-order valence-electron chi connectivity index (χ2n) is 2.89. The van der Waals surface area contributed by atoms with E-state index in [4.69, 9.17) is 10.3 Å². The van der Waals surface area contributed by atoms with Crippen molar-refractivity contribution < 1.29 is 21.7 Å². The molecule has 0 bridgehead atoms. The van der Waals surface area contributed by atoms with E-state index in [0.29, 0.717) is 5.82 Å². The van der Waals surface area contributed by atoms with E-state index in [2.05, 4.69) is 0 Å². The SMILES string of the molecule is C[n+]1oc(-c2ccccc2)cc1N.[Cl-]. The number of nitrogens with zero attached hydrogens (tertiary/aromatic N) is 1. The highest BCUT2D eigenvalue weighted by Gasteiger charge is 2.10. The van der Waals surface area contributed by atoms with Gasteiger partial charge < -0.3 is 16.9 Å². The lowest BCUT2D eigenvalue weighted by Crippen LogP contribution is -3.00. The van der Waals surface area contributed by atoms with Gasteiger partial charge in [-0.1, -0.05) is 35.1 Å². The van der Waals surface area contributed by atoms with Gasteiger partial charge in [-0.05, 0) is 0 Å². The van der Waals surface area contributed by atoms with Gasteiger partial charge in [0.25, 0.3) is 0 Å². The third-order valence-corrected chi connectivity index (χ3v) is 1.94. The molecular formula is C10H11ClN2O. The summed E-state index contributed by atoms with van der Waals surface area (Å²) in [6.07, 6.45) is 0. The van der Waals surface area contributed by atoms with Crippen LogP contribution < -0.4 is 22.9 Å². The minimum atomic E-state index is 0. The van der Waals surface area contributed by atoms with Crippen molar-refractivity contribution in [1.82, 2.24) is 0 Å². The Balaban J connectivity index is 0.000000980. The summed E-state index contributed by atoms with van der Waals surface area (Å²) in [7, 11) is 1.78. The molecule has 0 aliphatic carbocycles. The maximum Gasteiger partial charge on any atom is 0.310 e. The number of rotatable bonds is 1. The molecule has 14 heavy (non-hydrogen) atoms. The zero-order valence-corrected chi connectivity index (χ0v) is 8.53. The number of aromatic nitrogens is 1. The lowest BCUT2D eigenvalue weighted by Gasteiger charge is -1.90. The van der Waals surface area contributed by atoms with E-state index in [1.54, 1.807) is 11.8 Å². The van der Waals surface area contributed by atoms with E-state index < -0.39 is 0 Å². The molecule has 74 valence electrons. The Morgan fingerprint density at radius 1 is 1.21 bits per heavy atom. The summed E-state index contributed by atoms with van der Waals surface area (Å²) in [4.78, 5) is 0. The summed E-state index contributed by atoms with van der Waals surface area (Å²) in [5, 5.41) is 0. The molecule has 2 rings (SSSR count). The smallest absolute Gasteiger partial charge is 0.310 e. The molecule has 1 heterocycles. The van der Waals surface area contributed by atoms with Gasteiger partial charge in [-0.2, -0.15) is 0 Å². The largest absolute Gasteiger partial charge is 1.00 e. The number of hydrogen-bond donors (Lipinski definition) is 1. The predicted molar refractivity (Wildman–Crippen MR) is 49.7 cm³/mol. The van der Waals surface area contributed by atoms with Crippen LogP contribution in [0.4, 0.5) is 5.82 Å². The van der Waals surface area contributed by atoms with Crippen molar-refractivity contribution in [3.63, 3.8) is 0 Å². The maximum atomic E-state index is 5.65. The van der Waals surface area contributed by atoms with Crippen molar-refractivity contribution in [2.24, 2.45) is 7.05 Å². The second kappa shape index (κ2) is 4.15. The van der Waals surface area contributed by atoms with E-state index in [1.807, 2.05) is 36.4 Å². The highest BCUT2D eigenvalue weighted by molar-refractivity contribution is 5.58. The molecule has 1 aromatic carbocycles. The van der Waals surface area contributed by atoms with Crippen molar-refractivity contribution in [1.29, 1.82) is 0 Å². The first-order chi connectivity index (χ1) is 6.27. The van der Waals surface area contributed by atoms with Crippen LogP contribution in [-0.2, 0) is 7.05 Å². The maximum absolute atomic E-state index is 5.65. The monoisotopic (exact) mass is 210 g/mol. The Morgan fingerprint density at radius 2 is 1.86 bits per heavy atom. The van der Waals surface area contributed by atoms with E-state index in [9.17, 15) is 0 Å². The molecule has 0 saturated carbocycles. The number of nitrogens with two attached hydrogens (primary N) is 1. The fourth-order valence-corrected chi connectivity index (χ4v) is 1.19. The number of halogens is 1. The van der Waals surface area contributed by atoms with Crippen LogP contribution in [0.25, 0.3) is 11.3 Å². The van der Waals surface area contributed by atoms with Crippen LogP contribution in [0, 0.1) is 0 Å². The van der Waals surface area contributed by atoms with Gasteiger partial charge in [0.05, 0.1) is 6.07 Å². The molecule has 2 N–H and O–H groups in total. The van der Waals surface area contributed by atoms with Gasteiger partial charge in [-0.25, -0.2) is 0 Å². The van der Waals surface area contributed by atoms with Gasteiger partial charge in [-0.15, -0.1) is 0 Å². The van der Waals surface area contributed by atoms with Crippen LogP contribution in [0.15, 0.2) is 40.9 Å². The predicted octanol–water partition coefficient (Wildman–Crippen LogP) is -1.64. The molecule has 0 aliphatic rings. The Kier molecular flexibility index (Phi) is 3.14. The van der Waals surface area contributed by atoms with Crippen LogP contribution in [0.3, 0.4) is 0 Å². The first-order valence-electron chi connectivity index (χ1n) is 4.08. The summed E-state index contributed by atoms with van der Waals surface area (Å²) in [6, 6.07) is 11.7. The number of benzene rings is 1. The number of hydrogen-bond acceptors (Lipinski definition) is 2. The van der Waals surface area contributed by atoms with Crippen molar-refractivity contribution in [3.8, 4) is 11.3 Å². The second-order valence-corrected chi connectivity index (χ2v) is 2.89. The van der Waals surface area contributed by atoms with Crippen molar-refractivity contribution in [3.05, 3.63) is 36.4 Å². The number of nitrogen functional groups attached to an aromatic ring is 1. The van der Waals surface area contributed by atoms with E-state index in [-0.39, 0.29) is 12.4 Å². The fraction of sp³-hybridized carbons (Fsp3) is 0.100. The minimum Gasteiger partial charge on any atom is -1.00 e. The molecule has 0 radical (unpaired) electrons. The van der Waals surface area contributed by atoms with E-state index in [0.717, 1.165) is 11.3 Å². The average Bonchev–Trinajstić information content (AvgIpc) is 2.49. The summed E-state index contributed by atoms with van der Waals surface area (Å²) in [5.41, 5.74) is 6.68. The first kappa shape index (κ1) is 10.6. The molecule has 1 aromatic heterocycles. The van der Waals surface area contributed by atoms with Crippen LogP contribution in [0.2, 0.25) is 0 Å². The zero-order chi connectivity index (χ0) is 9.26. The molecule has 0 amide bonds. The molecule has 3 nitrogen and oxygen atoms in total. The molecule has 4 heteroatoms. The molecule has 0 fully saturated rings. The van der Waals surface area contributed by atoms with Gasteiger partial charge in [0.2, 0.25) is 0 Å². The lowest BCUT2D eigenvalue weighted by atomic mass is 10.2. The highest BCUT2D eigenvalue weighted by atomic mass is 35.5. The lowest BCUT2D eigenvalue weighted by molar-refractivity contribution is -0.831. The van der Waals surface area contributed by atoms with Crippen LogP contribution in [0.5, 0.6) is 0 Å². The Labute approximate surface area is 88.5 Å². The first-order valence-corrected chi connectivity index (χ1v) is 4.08. The molecule has 0 saturated heterocycles. The van der Waals surface area contributed by atoms with Crippen LogP contribution >= 0.6 is 0 Å². The summed E-state index contributed by atoms with van der Waals surface area (Å²) < 4.78 is 6.94. The van der Waals surface area contributed by atoms with E-state index in [1.165, 1.54) is 0 Å². The summed E-state index contributed by atoms with van der Waals surface area (Å²) in [6.45, 7) is 0. The van der Waals surface area contributed by atoms with Gasteiger partial charge in [0.1, 0.15) is 7.05 Å². The molecule has 0 unspecified atom stereocenters. The third-order valence-electron chi connectivity index (χ3n) is 1.94. The van der Waals surface area contributed by atoms with Crippen molar-refractivity contribution >= 4 is 5.82 Å². The van der Waals surface area contributed by atoms with Gasteiger partial charge in [0, 0.05) is 5.56 Å². The quantitative estimate of drug-likeness (QED) is 0.574. The standard InChI is InChI=1S/C10H10N2O.ClH/c1-12-10(11)7-9(13-12)8-5-3-2-4-6-8;/h2-7,11H,1H3;1H. The Bertz CT molecular complexity index is 392. The highest BCUT2D eigenvalue weighted by Crippen LogP contribution is 2.18. The van der Waals surface area contributed by atoms with Gasteiger partial charge >= 0.3 is 5.82 Å². The normalized spacial score (nSPS) is 9.50. The molecule has 0 aliphatic heterocycles. The van der Waals surface area contributed by atoms with Crippen LogP contribution in [0.1, 0.15) is 0 Å². The molecule has 0 atom stereocenters. The summed E-state index contributed by atoms with van der Waals surface area (Å²) >= 11 is 0. The zero-order valence-electron chi connectivity index (χ0n) is 7.77. The third kappa shape index (κ3) is 1.88. The Hall–Kier alpha value is -1.48. The minimum absolute atomic E-state index is 0. The molecule has 0 spiro atoms.